The fraction of sp³-hybridized carbons (Fsp3) is 0.565. The van der Waals surface area contributed by atoms with E-state index >= 15 is 0 Å². The van der Waals surface area contributed by atoms with Gasteiger partial charge in [0, 0.05) is 5.92 Å². The van der Waals surface area contributed by atoms with Crippen molar-refractivity contribution in [1.82, 2.24) is 4.90 Å². The molecule has 3 heteroatoms. The molecule has 0 radical (unpaired) electrons. The van der Waals surface area contributed by atoms with Gasteiger partial charge in [0.1, 0.15) is 11.5 Å². The Morgan fingerprint density at radius 3 is 2.38 bits per heavy atom. The minimum absolute atomic E-state index is 0.0575. The maximum Gasteiger partial charge on any atom is 0.119 e. The number of benzene rings is 1. The van der Waals surface area contributed by atoms with Crippen LogP contribution in [0.4, 0.5) is 0 Å². The summed E-state index contributed by atoms with van der Waals surface area (Å²) in [4.78, 5) is 2.42. The van der Waals surface area contributed by atoms with Gasteiger partial charge in [-0.2, -0.15) is 0 Å². The normalized spacial score (nSPS) is 32.3. The van der Waals surface area contributed by atoms with Crippen molar-refractivity contribution in [2.45, 2.75) is 45.1 Å². The Bertz CT molecular complexity index is 733. The molecule has 1 saturated carbocycles. The molecule has 3 aliphatic carbocycles. The third-order valence-corrected chi connectivity index (χ3v) is 6.65. The van der Waals surface area contributed by atoms with E-state index in [0.29, 0.717) is 12.5 Å². The van der Waals surface area contributed by atoms with Gasteiger partial charge in [0.2, 0.25) is 0 Å². The molecule has 0 aromatic heterocycles. The van der Waals surface area contributed by atoms with E-state index in [1.165, 1.54) is 42.6 Å². The molecule has 0 heterocycles. The first kappa shape index (κ1) is 17.7. The molecule has 3 atom stereocenters. The fourth-order valence-corrected chi connectivity index (χ4v) is 5.65. The van der Waals surface area contributed by atoms with Crippen LogP contribution in [-0.2, 0) is 4.74 Å². The summed E-state index contributed by atoms with van der Waals surface area (Å²) in [6.45, 7) is 5.57. The topological polar surface area (TPSA) is 21.7 Å². The van der Waals surface area contributed by atoms with Gasteiger partial charge in [0.25, 0.3) is 0 Å². The number of allylic oxidation sites excluding steroid dienone is 1. The van der Waals surface area contributed by atoms with Crippen LogP contribution in [0.15, 0.2) is 42.2 Å². The maximum absolute atomic E-state index is 6.18. The summed E-state index contributed by atoms with van der Waals surface area (Å²) in [6, 6.07) is 8.65. The van der Waals surface area contributed by atoms with Gasteiger partial charge in [-0.25, -0.2) is 0 Å². The lowest BCUT2D eigenvalue weighted by molar-refractivity contribution is 0.0759. The number of rotatable bonds is 6. The zero-order valence-electron chi connectivity index (χ0n) is 16.5. The van der Waals surface area contributed by atoms with Crippen molar-refractivity contribution >= 4 is 5.57 Å². The maximum atomic E-state index is 6.18. The van der Waals surface area contributed by atoms with E-state index in [9.17, 15) is 0 Å². The molecule has 1 fully saturated rings. The molecular formula is C23H31NO2. The summed E-state index contributed by atoms with van der Waals surface area (Å²) in [5.74, 6) is 2.75. The van der Waals surface area contributed by atoms with E-state index < -0.39 is 0 Å². The molecule has 1 aromatic rings. The fourth-order valence-electron chi connectivity index (χ4n) is 5.65. The number of hydrogen-bond acceptors (Lipinski definition) is 3. The summed E-state index contributed by atoms with van der Waals surface area (Å²) < 4.78 is 11.8. The van der Waals surface area contributed by atoms with Gasteiger partial charge in [-0.05, 0) is 70.1 Å². The predicted molar refractivity (Wildman–Crippen MR) is 106 cm³/mol. The smallest absolute Gasteiger partial charge is 0.119 e. The Morgan fingerprint density at radius 1 is 1.00 bits per heavy atom. The van der Waals surface area contributed by atoms with Crippen molar-refractivity contribution in [3.8, 4) is 5.75 Å². The van der Waals surface area contributed by atoms with Gasteiger partial charge in [0.15, 0.2) is 0 Å². The van der Waals surface area contributed by atoms with E-state index in [0.717, 1.165) is 12.4 Å². The van der Waals surface area contributed by atoms with Crippen molar-refractivity contribution in [1.29, 1.82) is 0 Å². The second-order valence-corrected chi connectivity index (χ2v) is 8.02. The molecule has 140 valence electrons. The quantitative estimate of drug-likeness (QED) is 0.726. The Hall–Kier alpha value is -1.74. The number of ether oxygens (including phenoxy) is 2. The van der Waals surface area contributed by atoms with Crippen LogP contribution in [0.25, 0.3) is 5.57 Å². The van der Waals surface area contributed by atoms with Gasteiger partial charge in [-0.15, -0.1) is 0 Å². The van der Waals surface area contributed by atoms with Gasteiger partial charge < -0.3 is 9.47 Å². The third kappa shape index (κ3) is 2.29. The zero-order valence-corrected chi connectivity index (χ0v) is 16.5. The first-order valence-electron chi connectivity index (χ1n) is 10.1. The summed E-state index contributed by atoms with van der Waals surface area (Å²) in [6.07, 6.45) is 10.1. The molecule has 1 aromatic carbocycles. The van der Waals surface area contributed by atoms with E-state index in [-0.39, 0.29) is 11.0 Å². The highest BCUT2D eigenvalue weighted by Crippen LogP contribution is 2.67. The van der Waals surface area contributed by atoms with E-state index in [4.69, 9.17) is 9.47 Å². The molecule has 3 nitrogen and oxygen atoms in total. The molecule has 0 aliphatic heterocycles. The molecule has 3 aliphatic rings. The van der Waals surface area contributed by atoms with Crippen LogP contribution in [0.1, 0.15) is 45.1 Å². The Balaban J connectivity index is 1.80. The summed E-state index contributed by atoms with van der Waals surface area (Å²) in [7, 11) is 4.44. The number of nitrogens with zero attached hydrogens (tertiary/aromatic N) is 1. The SMILES string of the molecule is CCOC1=C[C@@]2(N(C)C)C(c3ccc(OCC)cc3)=C[C@@]13CCCC[C@H]32. The molecule has 2 bridgehead atoms. The van der Waals surface area contributed by atoms with Crippen LogP contribution >= 0.6 is 0 Å². The molecule has 26 heavy (non-hydrogen) atoms. The summed E-state index contributed by atoms with van der Waals surface area (Å²) >= 11 is 0. The molecule has 0 amide bonds. The second-order valence-electron chi connectivity index (χ2n) is 8.02. The summed E-state index contributed by atoms with van der Waals surface area (Å²) in [5, 5.41) is 0. The largest absolute Gasteiger partial charge is 0.498 e. The van der Waals surface area contributed by atoms with Crippen LogP contribution in [0.5, 0.6) is 5.75 Å². The van der Waals surface area contributed by atoms with Gasteiger partial charge >= 0.3 is 0 Å². The van der Waals surface area contributed by atoms with E-state index in [1.807, 2.05) is 6.92 Å². The van der Waals surface area contributed by atoms with Crippen molar-refractivity contribution < 1.29 is 9.47 Å². The van der Waals surface area contributed by atoms with E-state index in [1.54, 1.807) is 0 Å². The van der Waals surface area contributed by atoms with Crippen LogP contribution in [-0.4, -0.2) is 37.7 Å². The lowest BCUT2D eigenvalue weighted by Crippen LogP contribution is -2.48. The third-order valence-electron chi connectivity index (χ3n) is 6.65. The van der Waals surface area contributed by atoms with Crippen LogP contribution in [0.3, 0.4) is 0 Å². The van der Waals surface area contributed by atoms with Gasteiger partial charge in [0.05, 0.1) is 24.2 Å². The lowest BCUT2D eigenvalue weighted by Gasteiger charge is -2.43. The van der Waals surface area contributed by atoms with Crippen molar-refractivity contribution in [2.24, 2.45) is 11.3 Å². The second kappa shape index (κ2) is 6.45. The average Bonchev–Trinajstić information content (AvgIpc) is 3.10. The molecule has 0 unspecified atom stereocenters. The Labute approximate surface area is 157 Å². The zero-order chi connectivity index (χ0) is 18.4. The van der Waals surface area contributed by atoms with Crippen molar-refractivity contribution in [2.75, 3.05) is 27.3 Å². The Kier molecular flexibility index (Phi) is 4.38. The highest BCUT2D eigenvalue weighted by atomic mass is 16.5. The molecule has 4 rings (SSSR count). The minimum atomic E-state index is -0.0575. The molecular weight excluding hydrogens is 322 g/mol. The van der Waals surface area contributed by atoms with Gasteiger partial charge in [-0.1, -0.05) is 31.1 Å². The highest BCUT2D eigenvalue weighted by Gasteiger charge is 2.65. The monoisotopic (exact) mass is 353 g/mol. The molecule has 0 N–H and O–H groups in total. The van der Waals surface area contributed by atoms with Crippen LogP contribution in [0.2, 0.25) is 0 Å². The van der Waals surface area contributed by atoms with Crippen LogP contribution in [0, 0.1) is 11.3 Å². The predicted octanol–water partition coefficient (Wildman–Crippen LogP) is 4.89. The molecule has 0 spiro atoms. The summed E-state index contributed by atoms with van der Waals surface area (Å²) in [5.41, 5.74) is 2.79. The lowest BCUT2D eigenvalue weighted by atomic mass is 9.67. The van der Waals surface area contributed by atoms with Gasteiger partial charge in [-0.3, -0.25) is 4.90 Å². The molecule has 0 saturated heterocycles. The Morgan fingerprint density at radius 2 is 1.73 bits per heavy atom. The average molecular weight is 354 g/mol. The minimum Gasteiger partial charge on any atom is -0.498 e. The standard InChI is InChI=1S/C23H31NO2/c1-5-25-18-12-10-17(11-13-18)19-15-22-14-8-7-9-20(22)23(19,24(3)4)16-21(22)26-6-2/h10-13,15-16,20H,5-9,14H2,1-4H3/t20-,22-,23-/m1/s1. The van der Waals surface area contributed by atoms with Crippen LogP contribution < -0.4 is 4.74 Å². The van der Waals surface area contributed by atoms with Crippen molar-refractivity contribution in [3.05, 3.63) is 47.7 Å². The van der Waals surface area contributed by atoms with Crippen molar-refractivity contribution in [3.63, 3.8) is 0 Å². The highest BCUT2D eigenvalue weighted by molar-refractivity contribution is 5.83. The number of hydrogen-bond donors (Lipinski definition) is 0. The van der Waals surface area contributed by atoms with E-state index in [2.05, 4.69) is 62.3 Å². The number of likely N-dealkylation sites (N-methyl/N-ethyl adjacent to an activating group) is 1. The first-order valence-corrected chi connectivity index (χ1v) is 10.1. The first-order chi connectivity index (χ1) is 12.6.